The molecule has 1 atom stereocenters. The SMILES string of the molecule is Cc1cc(N[C@@H](C)C(C)C)cc(C)c1C=CS(=O)(=O)N1CCC2(CC1)N=C(C1CCCCC1)NC2=O. The van der Waals surface area contributed by atoms with Crippen molar-refractivity contribution in [2.75, 3.05) is 18.4 Å². The molecule has 1 saturated heterocycles. The molecule has 7 nitrogen and oxygen atoms in total. The maximum absolute atomic E-state index is 13.2. The van der Waals surface area contributed by atoms with Crippen LogP contribution in [0.1, 0.15) is 82.4 Å². The van der Waals surface area contributed by atoms with E-state index in [9.17, 15) is 13.2 Å². The molecule has 0 bridgehead atoms. The molecule has 8 heteroatoms. The fraction of sp³-hybridized carbons (Fsp3) is 0.643. The topological polar surface area (TPSA) is 90.9 Å². The number of piperidine rings is 1. The summed E-state index contributed by atoms with van der Waals surface area (Å²) in [6.45, 7) is 11.2. The van der Waals surface area contributed by atoms with Crippen LogP contribution in [0.15, 0.2) is 22.5 Å². The van der Waals surface area contributed by atoms with Gasteiger partial charge in [-0.25, -0.2) is 8.42 Å². The first-order valence-corrected chi connectivity index (χ1v) is 15.0. The Hall–Kier alpha value is -2.19. The van der Waals surface area contributed by atoms with Crippen LogP contribution in [-0.4, -0.2) is 49.1 Å². The van der Waals surface area contributed by atoms with Crippen molar-refractivity contribution in [1.82, 2.24) is 9.62 Å². The molecule has 2 heterocycles. The van der Waals surface area contributed by atoms with E-state index in [1.54, 1.807) is 6.08 Å². The van der Waals surface area contributed by atoms with Crippen molar-refractivity contribution in [2.24, 2.45) is 16.8 Å². The number of rotatable bonds is 7. The first kappa shape index (κ1) is 26.9. The first-order valence-electron chi connectivity index (χ1n) is 13.5. The van der Waals surface area contributed by atoms with Crippen molar-refractivity contribution in [2.45, 2.75) is 91.1 Å². The number of nitrogens with one attached hydrogen (secondary N) is 2. The number of aryl methyl sites for hydroxylation is 2. The second-order valence-electron chi connectivity index (χ2n) is 11.3. The van der Waals surface area contributed by atoms with Gasteiger partial charge in [0.1, 0.15) is 11.4 Å². The van der Waals surface area contributed by atoms with E-state index in [0.29, 0.717) is 43.8 Å². The number of amides is 1. The average molecular weight is 515 g/mol. The normalized spacial score (nSPS) is 22.3. The zero-order valence-electron chi connectivity index (χ0n) is 22.4. The molecule has 1 saturated carbocycles. The summed E-state index contributed by atoms with van der Waals surface area (Å²) in [5, 5.41) is 7.89. The van der Waals surface area contributed by atoms with Crippen LogP contribution in [0.25, 0.3) is 6.08 Å². The predicted molar refractivity (Wildman–Crippen MR) is 147 cm³/mol. The molecule has 2 aliphatic heterocycles. The summed E-state index contributed by atoms with van der Waals surface area (Å²) < 4.78 is 27.8. The largest absolute Gasteiger partial charge is 0.382 e. The number of nitrogens with zero attached hydrogens (tertiary/aromatic N) is 2. The summed E-state index contributed by atoms with van der Waals surface area (Å²) in [4.78, 5) is 17.7. The van der Waals surface area contributed by atoms with Crippen LogP contribution in [0.5, 0.6) is 0 Å². The number of hydrogen-bond acceptors (Lipinski definition) is 5. The van der Waals surface area contributed by atoms with Crippen molar-refractivity contribution in [3.05, 3.63) is 34.2 Å². The number of benzene rings is 1. The number of amidine groups is 1. The number of hydrogen-bond donors (Lipinski definition) is 2. The van der Waals surface area contributed by atoms with Gasteiger partial charge in [0.05, 0.1) is 0 Å². The summed E-state index contributed by atoms with van der Waals surface area (Å²) in [6, 6.07) is 4.49. The molecule has 4 rings (SSSR count). The summed E-state index contributed by atoms with van der Waals surface area (Å²) in [5.41, 5.74) is 3.24. The van der Waals surface area contributed by atoms with Crippen LogP contribution >= 0.6 is 0 Å². The lowest BCUT2D eigenvalue weighted by atomic mass is 9.88. The predicted octanol–water partition coefficient (Wildman–Crippen LogP) is 5.00. The Labute approximate surface area is 216 Å². The van der Waals surface area contributed by atoms with Crippen LogP contribution in [0.2, 0.25) is 0 Å². The molecule has 3 aliphatic rings. The van der Waals surface area contributed by atoms with E-state index in [1.165, 1.54) is 29.0 Å². The van der Waals surface area contributed by atoms with Gasteiger partial charge in [-0.3, -0.25) is 9.79 Å². The van der Waals surface area contributed by atoms with Gasteiger partial charge in [0.25, 0.3) is 5.91 Å². The molecule has 0 radical (unpaired) electrons. The molecule has 198 valence electrons. The Morgan fingerprint density at radius 1 is 1.08 bits per heavy atom. The smallest absolute Gasteiger partial charge is 0.253 e. The van der Waals surface area contributed by atoms with Crippen molar-refractivity contribution in [3.8, 4) is 0 Å². The molecule has 36 heavy (non-hydrogen) atoms. The first-order chi connectivity index (χ1) is 17.0. The van der Waals surface area contributed by atoms with E-state index in [4.69, 9.17) is 4.99 Å². The van der Waals surface area contributed by atoms with Crippen LogP contribution in [0.4, 0.5) is 5.69 Å². The lowest BCUT2D eigenvalue weighted by Gasteiger charge is -2.34. The Bertz CT molecular complexity index is 1120. The van der Waals surface area contributed by atoms with E-state index < -0.39 is 15.6 Å². The van der Waals surface area contributed by atoms with Crippen LogP contribution in [0, 0.1) is 25.7 Å². The van der Waals surface area contributed by atoms with Gasteiger partial charge >= 0.3 is 0 Å². The Kier molecular flexibility index (Phi) is 7.95. The van der Waals surface area contributed by atoms with Crippen molar-refractivity contribution in [3.63, 3.8) is 0 Å². The van der Waals surface area contributed by atoms with Gasteiger partial charge in [0, 0.05) is 36.1 Å². The standard InChI is InChI=1S/C28H42N4O3S/c1-19(2)22(5)29-24-17-20(3)25(21(4)18-24)11-16-36(34,35)32-14-12-28(13-15-32)27(33)30-26(31-28)23-9-7-6-8-10-23/h11,16-19,22-23,29H,6-10,12-15H2,1-5H3,(H,30,31,33)/t22-/m0/s1. The maximum Gasteiger partial charge on any atom is 0.253 e. The number of carbonyl (C=O) groups is 1. The Balaban J connectivity index is 1.42. The van der Waals surface area contributed by atoms with E-state index in [-0.39, 0.29) is 5.91 Å². The number of sulfonamides is 1. The third-order valence-corrected chi connectivity index (χ3v) is 9.86. The van der Waals surface area contributed by atoms with E-state index in [0.717, 1.165) is 41.1 Å². The number of carbonyl (C=O) groups excluding carboxylic acids is 1. The summed E-state index contributed by atoms with van der Waals surface area (Å²) in [7, 11) is -3.60. The van der Waals surface area contributed by atoms with Crippen molar-refractivity contribution in [1.29, 1.82) is 0 Å². The second kappa shape index (κ2) is 10.7. The molecule has 2 fully saturated rings. The third-order valence-electron chi connectivity index (χ3n) is 8.29. The molecule has 0 unspecified atom stereocenters. The second-order valence-corrected chi connectivity index (χ2v) is 13.1. The minimum atomic E-state index is -3.60. The fourth-order valence-corrected chi connectivity index (χ4v) is 6.72. The molecular formula is C28H42N4O3S. The van der Waals surface area contributed by atoms with Gasteiger partial charge < -0.3 is 10.6 Å². The van der Waals surface area contributed by atoms with Gasteiger partial charge in [-0.1, -0.05) is 33.1 Å². The number of aliphatic imine (C=N–C) groups is 1. The maximum atomic E-state index is 13.2. The van der Waals surface area contributed by atoms with Crippen LogP contribution < -0.4 is 10.6 Å². The molecule has 1 amide bonds. The van der Waals surface area contributed by atoms with Gasteiger partial charge in [0.15, 0.2) is 0 Å². The highest BCUT2D eigenvalue weighted by Crippen LogP contribution is 2.35. The Morgan fingerprint density at radius 3 is 2.28 bits per heavy atom. The monoisotopic (exact) mass is 514 g/mol. The number of anilines is 1. The molecule has 0 aromatic heterocycles. The Morgan fingerprint density at radius 2 is 1.69 bits per heavy atom. The minimum Gasteiger partial charge on any atom is -0.382 e. The van der Waals surface area contributed by atoms with Gasteiger partial charge in [-0.15, -0.1) is 0 Å². The lowest BCUT2D eigenvalue weighted by Crippen LogP contribution is -2.50. The van der Waals surface area contributed by atoms with Crippen LogP contribution in [0.3, 0.4) is 0 Å². The highest BCUT2D eigenvalue weighted by molar-refractivity contribution is 7.92. The van der Waals surface area contributed by atoms with Crippen molar-refractivity contribution >= 4 is 33.5 Å². The van der Waals surface area contributed by atoms with E-state index in [1.807, 2.05) is 13.8 Å². The molecular weight excluding hydrogens is 472 g/mol. The highest BCUT2D eigenvalue weighted by Gasteiger charge is 2.48. The minimum absolute atomic E-state index is 0.0533. The van der Waals surface area contributed by atoms with E-state index >= 15 is 0 Å². The lowest BCUT2D eigenvalue weighted by molar-refractivity contribution is -0.124. The van der Waals surface area contributed by atoms with Gasteiger partial charge in [-0.2, -0.15) is 4.31 Å². The average Bonchev–Trinajstić information content (AvgIpc) is 3.14. The molecule has 2 N–H and O–H groups in total. The quantitative estimate of drug-likeness (QED) is 0.536. The zero-order valence-corrected chi connectivity index (χ0v) is 23.2. The molecule has 1 aromatic rings. The summed E-state index contributed by atoms with van der Waals surface area (Å²) >= 11 is 0. The molecule has 1 spiro atoms. The van der Waals surface area contributed by atoms with Gasteiger partial charge in [-0.05, 0) is 87.3 Å². The van der Waals surface area contributed by atoms with Crippen LogP contribution in [-0.2, 0) is 14.8 Å². The summed E-state index contributed by atoms with van der Waals surface area (Å²) in [5.74, 6) is 1.64. The summed E-state index contributed by atoms with van der Waals surface area (Å²) in [6.07, 6.45) is 8.33. The fourth-order valence-electron chi connectivity index (χ4n) is 5.55. The zero-order chi connectivity index (χ0) is 26.1. The molecule has 1 aromatic carbocycles. The highest BCUT2D eigenvalue weighted by atomic mass is 32.2. The van der Waals surface area contributed by atoms with Gasteiger partial charge in [0.2, 0.25) is 10.0 Å². The third kappa shape index (κ3) is 5.70. The molecule has 1 aliphatic carbocycles. The van der Waals surface area contributed by atoms with Crippen molar-refractivity contribution < 1.29 is 13.2 Å². The van der Waals surface area contributed by atoms with E-state index in [2.05, 4.69) is 43.5 Å².